The summed E-state index contributed by atoms with van der Waals surface area (Å²) < 4.78 is 17.0. The molecule has 0 aromatic rings. The normalized spacial score (nSPS) is 41.0. The van der Waals surface area contributed by atoms with Gasteiger partial charge in [0.1, 0.15) is 5.60 Å². The van der Waals surface area contributed by atoms with E-state index in [4.69, 9.17) is 4.74 Å². The van der Waals surface area contributed by atoms with Crippen LogP contribution in [0.2, 0.25) is 0 Å². The van der Waals surface area contributed by atoms with Crippen LogP contribution in [-0.4, -0.2) is 12.0 Å². The van der Waals surface area contributed by atoms with Gasteiger partial charge in [-0.05, 0) is 13.3 Å². The highest BCUT2D eigenvalue weighted by molar-refractivity contribution is 4.91. The highest BCUT2D eigenvalue weighted by atomic mass is 19.2. The Kier molecular flexibility index (Phi) is 1.75. The Hall–Kier alpha value is -0.110. The van der Waals surface area contributed by atoms with Crippen molar-refractivity contribution in [1.82, 2.24) is 0 Å². The first-order valence-corrected chi connectivity index (χ1v) is 3.51. The van der Waals surface area contributed by atoms with E-state index in [1.165, 1.54) is 0 Å². The Morgan fingerprint density at radius 1 is 1.67 bits per heavy atom. The average Bonchev–Trinajstić information content (AvgIpc) is 2.38. The smallest absolute Gasteiger partial charge is 0.228 e. The van der Waals surface area contributed by atoms with Gasteiger partial charge in [-0.25, -0.2) is 4.39 Å². The molecule has 9 heavy (non-hydrogen) atoms. The molecule has 0 aliphatic carbocycles. The van der Waals surface area contributed by atoms with Crippen LogP contribution in [0.1, 0.15) is 33.1 Å². The first-order valence-electron chi connectivity index (χ1n) is 3.51. The van der Waals surface area contributed by atoms with Gasteiger partial charge in [-0.3, -0.25) is 0 Å². The van der Waals surface area contributed by atoms with Gasteiger partial charge in [0.05, 0.1) is 0 Å². The van der Waals surface area contributed by atoms with Crippen molar-refractivity contribution in [1.29, 1.82) is 0 Å². The maximum atomic E-state index is 12.3. The highest BCUT2D eigenvalue weighted by Crippen LogP contribution is 2.41. The molecular weight excluding hydrogens is 119 g/mol. The van der Waals surface area contributed by atoms with Crippen LogP contribution in [0.4, 0.5) is 4.39 Å². The number of ether oxygens (including phenoxy) is 1. The minimum Gasteiger partial charge on any atom is -0.334 e. The molecule has 1 saturated heterocycles. The first kappa shape index (κ1) is 7.00. The fourth-order valence-corrected chi connectivity index (χ4v) is 0.903. The summed E-state index contributed by atoms with van der Waals surface area (Å²) in [7, 11) is 0. The molecule has 1 nitrogen and oxygen atoms in total. The summed E-state index contributed by atoms with van der Waals surface area (Å²) in [6.45, 7) is 3.92. The second kappa shape index (κ2) is 2.25. The quantitative estimate of drug-likeness (QED) is 0.536. The van der Waals surface area contributed by atoms with Gasteiger partial charge >= 0.3 is 0 Å². The van der Waals surface area contributed by atoms with E-state index in [0.717, 1.165) is 19.3 Å². The fraction of sp³-hybridized carbons (Fsp3) is 1.00. The molecular formula is C7H13FO. The van der Waals surface area contributed by atoms with Crippen LogP contribution < -0.4 is 0 Å². The first-order chi connectivity index (χ1) is 4.19. The van der Waals surface area contributed by atoms with Crippen molar-refractivity contribution in [2.75, 3.05) is 0 Å². The van der Waals surface area contributed by atoms with Gasteiger partial charge in [0, 0.05) is 0 Å². The van der Waals surface area contributed by atoms with Gasteiger partial charge in [0.25, 0.3) is 0 Å². The average molecular weight is 132 g/mol. The molecule has 0 amide bonds. The third kappa shape index (κ3) is 1.42. The van der Waals surface area contributed by atoms with Gasteiger partial charge in [0.2, 0.25) is 6.36 Å². The Morgan fingerprint density at radius 2 is 2.22 bits per heavy atom. The van der Waals surface area contributed by atoms with Gasteiger partial charge in [0.15, 0.2) is 0 Å². The molecule has 1 aliphatic heterocycles. The van der Waals surface area contributed by atoms with Crippen LogP contribution in [0.25, 0.3) is 0 Å². The molecule has 1 fully saturated rings. The molecule has 1 rings (SSSR count). The fourth-order valence-electron chi connectivity index (χ4n) is 0.903. The second-order valence-electron chi connectivity index (χ2n) is 2.85. The molecule has 1 aliphatic rings. The molecule has 0 N–H and O–H groups in total. The molecule has 0 aromatic carbocycles. The summed E-state index contributed by atoms with van der Waals surface area (Å²) in [4.78, 5) is 0. The number of hydrogen-bond acceptors (Lipinski definition) is 1. The van der Waals surface area contributed by atoms with E-state index < -0.39 is 12.0 Å². The lowest BCUT2D eigenvalue weighted by atomic mass is 10.1. The van der Waals surface area contributed by atoms with Gasteiger partial charge in [-0.15, -0.1) is 0 Å². The van der Waals surface area contributed by atoms with E-state index in [-0.39, 0.29) is 0 Å². The predicted octanol–water partition coefficient (Wildman–Crippen LogP) is 2.26. The van der Waals surface area contributed by atoms with E-state index in [1.54, 1.807) is 0 Å². The number of hydrogen-bond donors (Lipinski definition) is 0. The molecule has 0 spiro atoms. The van der Waals surface area contributed by atoms with Crippen molar-refractivity contribution in [3.05, 3.63) is 0 Å². The Morgan fingerprint density at radius 3 is 2.56 bits per heavy atom. The van der Waals surface area contributed by atoms with Crippen molar-refractivity contribution >= 4 is 0 Å². The highest BCUT2D eigenvalue weighted by Gasteiger charge is 2.52. The van der Waals surface area contributed by atoms with Gasteiger partial charge in [-0.2, -0.15) is 0 Å². The molecule has 0 radical (unpaired) electrons. The molecule has 2 atom stereocenters. The van der Waals surface area contributed by atoms with E-state index in [0.29, 0.717) is 0 Å². The Balaban J connectivity index is 2.13. The van der Waals surface area contributed by atoms with Crippen LogP contribution in [0.3, 0.4) is 0 Å². The maximum Gasteiger partial charge on any atom is 0.228 e. The van der Waals surface area contributed by atoms with Crippen molar-refractivity contribution in [2.24, 2.45) is 0 Å². The summed E-state index contributed by atoms with van der Waals surface area (Å²) in [6.07, 6.45) is 2.07. The van der Waals surface area contributed by atoms with E-state index >= 15 is 0 Å². The summed E-state index contributed by atoms with van der Waals surface area (Å²) in [5, 5.41) is 0. The van der Waals surface area contributed by atoms with Crippen molar-refractivity contribution in [3.8, 4) is 0 Å². The van der Waals surface area contributed by atoms with E-state index in [9.17, 15) is 4.39 Å². The van der Waals surface area contributed by atoms with Crippen molar-refractivity contribution in [3.63, 3.8) is 0 Å². The second-order valence-corrected chi connectivity index (χ2v) is 2.85. The maximum absolute atomic E-state index is 12.3. The number of epoxide rings is 1. The molecule has 0 saturated carbocycles. The molecule has 2 unspecified atom stereocenters. The summed E-state index contributed by atoms with van der Waals surface area (Å²) in [5.74, 6) is 0. The third-order valence-corrected chi connectivity index (χ3v) is 1.82. The summed E-state index contributed by atoms with van der Waals surface area (Å²) in [5.41, 5.74) is -0.407. The van der Waals surface area contributed by atoms with Crippen molar-refractivity contribution in [2.45, 2.75) is 45.1 Å². The number of halogens is 1. The SMILES string of the molecule is CCCCC1(C)OC1F. The molecule has 0 bridgehead atoms. The van der Waals surface area contributed by atoms with E-state index in [1.807, 2.05) is 6.92 Å². The van der Waals surface area contributed by atoms with Gasteiger partial charge < -0.3 is 4.74 Å². The van der Waals surface area contributed by atoms with Crippen LogP contribution >= 0.6 is 0 Å². The zero-order valence-corrected chi connectivity index (χ0v) is 5.98. The van der Waals surface area contributed by atoms with E-state index in [2.05, 4.69) is 6.92 Å². The van der Waals surface area contributed by atoms with Crippen molar-refractivity contribution < 1.29 is 9.13 Å². The molecule has 2 heteroatoms. The van der Waals surface area contributed by atoms with Crippen LogP contribution in [0.15, 0.2) is 0 Å². The summed E-state index contributed by atoms with van der Waals surface area (Å²) in [6, 6.07) is 0. The number of rotatable bonds is 3. The summed E-state index contributed by atoms with van der Waals surface area (Å²) >= 11 is 0. The predicted molar refractivity (Wildman–Crippen MR) is 33.9 cm³/mol. The van der Waals surface area contributed by atoms with Crippen LogP contribution in [-0.2, 0) is 4.74 Å². The molecule has 54 valence electrons. The molecule has 0 aromatic heterocycles. The Labute approximate surface area is 55.2 Å². The zero-order chi connectivity index (χ0) is 6.91. The number of alkyl halides is 1. The number of unbranched alkanes of at least 4 members (excludes halogenated alkanes) is 1. The monoisotopic (exact) mass is 132 g/mol. The largest absolute Gasteiger partial charge is 0.334 e. The lowest BCUT2D eigenvalue weighted by molar-refractivity contribution is 0.245. The molecule has 1 heterocycles. The van der Waals surface area contributed by atoms with Crippen LogP contribution in [0.5, 0.6) is 0 Å². The lowest BCUT2D eigenvalue weighted by Crippen LogP contribution is -2.05. The van der Waals surface area contributed by atoms with Crippen LogP contribution in [0, 0.1) is 0 Å². The Bertz CT molecular complexity index is 105. The topological polar surface area (TPSA) is 12.5 Å². The lowest BCUT2D eigenvalue weighted by Gasteiger charge is -1.99. The van der Waals surface area contributed by atoms with Gasteiger partial charge in [-0.1, -0.05) is 19.8 Å². The minimum atomic E-state index is -0.982. The standard InChI is InChI=1S/C7H13FO/c1-3-4-5-7(2)6(8)9-7/h6H,3-5H2,1-2H3. The minimum absolute atomic E-state index is 0.407. The third-order valence-electron chi connectivity index (χ3n) is 1.82. The zero-order valence-electron chi connectivity index (χ0n) is 5.98.